The molecule has 106 valence electrons. The quantitative estimate of drug-likeness (QED) is 0.720. The molecule has 1 N–H and O–H groups in total. The van der Waals surface area contributed by atoms with Crippen molar-refractivity contribution in [1.82, 2.24) is 5.32 Å². The molecule has 0 aromatic carbocycles. The Balaban J connectivity index is 1.92. The lowest BCUT2D eigenvalue weighted by Gasteiger charge is -2.09. The molecule has 0 bridgehead atoms. The van der Waals surface area contributed by atoms with Gasteiger partial charge in [0.15, 0.2) is 0 Å². The molecule has 0 aliphatic carbocycles. The van der Waals surface area contributed by atoms with Crippen LogP contribution in [0.1, 0.15) is 44.9 Å². The van der Waals surface area contributed by atoms with Crippen LogP contribution in [0.3, 0.4) is 0 Å². The average molecular weight is 267 g/mol. The second-order valence-electron chi connectivity index (χ2n) is 4.60. The van der Waals surface area contributed by atoms with E-state index in [1.807, 2.05) is 0 Å². The van der Waals surface area contributed by atoms with Crippen molar-refractivity contribution in [2.45, 2.75) is 57.2 Å². The van der Waals surface area contributed by atoms with Gasteiger partial charge in [0.1, 0.15) is 0 Å². The Labute approximate surface area is 105 Å². The molecule has 1 amide bonds. The first-order valence-corrected chi connectivity index (χ1v) is 6.42. The summed E-state index contributed by atoms with van der Waals surface area (Å²) >= 11 is 0. The van der Waals surface area contributed by atoms with Crippen LogP contribution in [-0.4, -0.2) is 31.3 Å². The number of hydrogen-bond donors (Lipinski definition) is 1. The van der Waals surface area contributed by atoms with Gasteiger partial charge in [0.2, 0.25) is 5.91 Å². The molecule has 1 saturated heterocycles. The fourth-order valence-electron chi connectivity index (χ4n) is 1.94. The number of carbonyl (C=O) groups is 1. The first kappa shape index (κ1) is 15.3. The predicted octanol–water partition coefficient (Wildman–Crippen LogP) is 2.79. The van der Waals surface area contributed by atoms with Gasteiger partial charge < -0.3 is 10.1 Å². The molecule has 1 heterocycles. The summed E-state index contributed by atoms with van der Waals surface area (Å²) in [4.78, 5) is 11.1. The molecule has 1 rings (SSSR count). The van der Waals surface area contributed by atoms with E-state index in [-0.39, 0.29) is 0 Å². The van der Waals surface area contributed by atoms with Crippen LogP contribution < -0.4 is 5.32 Å². The van der Waals surface area contributed by atoms with E-state index in [4.69, 9.17) is 4.74 Å². The minimum Gasteiger partial charge on any atom is -0.378 e. The summed E-state index contributed by atoms with van der Waals surface area (Å²) in [6, 6.07) is 0. The molecule has 1 aliphatic rings. The summed E-state index contributed by atoms with van der Waals surface area (Å²) in [6.07, 6.45) is -0.538. The number of rotatable bonds is 7. The molecule has 1 fully saturated rings. The van der Waals surface area contributed by atoms with Crippen LogP contribution in [0.4, 0.5) is 13.2 Å². The molecule has 1 aliphatic heterocycles. The molecule has 0 aromatic rings. The molecule has 1 atom stereocenters. The summed E-state index contributed by atoms with van der Waals surface area (Å²) in [5.74, 6) is -0.524. The number of nitrogens with one attached hydrogen (secondary N) is 1. The highest BCUT2D eigenvalue weighted by molar-refractivity contribution is 5.75. The lowest BCUT2D eigenvalue weighted by atomic mass is 10.1. The van der Waals surface area contributed by atoms with Gasteiger partial charge in [0.25, 0.3) is 0 Å². The third-order valence-corrected chi connectivity index (χ3v) is 2.93. The fourth-order valence-corrected chi connectivity index (χ4v) is 1.94. The normalized spacial score (nSPS) is 20.1. The lowest BCUT2D eigenvalue weighted by Crippen LogP contribution is -2.26. The zero-order valence-electron chi connectivity index (χ0n) is 10.4. The van der Waals surface area contributed by atoms with Crippen LogP contribution >= 0.6 is 0 Å². The van der Waals surface area contributed by atoms with E-state index in [0.29, 0.717) is 12.6 Å². The number of carbonyl (C=O) groups excluding carboxylic acids is 1. The van der Waals surface area contributed by atoms with Crippen molar-refractivity contribution in [1.29, 1.82) is 0 Å². The minimum atomic E-state index is -4.25. The largest absolute Gasteiger partial charge is 0.389 e. The van der Waals surface area contributed by atoms with Crippen LogP contribution in [0.25, 0.3) is 0 Å². The van der Waals surface area contributed by atoms with Crippen LogP contribution in [0.2, 0.25) is 0 Å². The number of unbranched alkanes of at least 4 members (excludes halogenated alkanes) is 1. The molecule has 3 nitrogen and oxygen atoms in total. The van der Waals surface area contributed by atoms with Gasteiger partial charge in [-0.15, -0.1) is 0 Å². The van der Waals surface area contributed by atoms with Crippen LogP contribution in [0.5, 0.6) is 0 Å². The Morgan fingerprint density at radius 2 is 2.11 bits per heavy atom. The molecule has 0 saturated carbocycles. The molecule has 18 heavy (non-hydrogen) atoms. The predicted molar refractivity (Wildman–Crippen MR) is 61.1 cm³/mol. The standard InChI is InChI=1S/C12H20F3NO2/c13-12(14,15)7-6-11(17)16-8-2-1-4-10-5-3-9-18-10/h10H,1-9H2,(H,16,17). The average Bonchev–Trinajstić information content (AvgIpc) is 2.78. The SMILES string of the molecule is O=C(CCC(F)(F)F)NCCCCC1CCCO1. The van der Waals surface area contributed by atoms with E-state index in [9.17, 15) is 18.0 Å². The fraction of sp³-hybridized carbons (Fsp3) is 0.917. The van der Waals surface area contributed by atoms with Crippen molar-refractivity contribution in [3.8, 4) is 0 Å². The highest BCUT2D eigenvalue weighted by Gasteiger charge is 2.27. The number of halogens is 3. The van der Waals surface area contributed by atoms with Crippen LogP contribution in [0.15, 0.2) is 0 Å². The summed E-state index contributed by atoms with van der Waals surface area (Å²) in [5.41, 5.74) is 0. The molecular formula is C12H20F3NO2. The van der Waals surface area contributed by atoms with Gasteiger partial charge in [-0.05, 0) is 32.1 Å². The van der Waals surface area contributed by atoms with Gasteiger partial charge in [-0.2, -0.15) is 13.2 Å². The number of hydrogen-bond acceptors (Lipinski definition) is 2. The lowest BCUT2D eigenvalue weighted by molar-refractivity contribution is -0.144. The van der Waals surface area contributed by atoms with Gasteiger partial charge in [-0.3, -0.25) is 4.79 Å². The van der Waals surface area contributed by atoms with Gasteiger partial charge >= 0.3 is 6.18 Å². The van der Waals surface area contributed by atoms with Gasteiger partial charge in [0.05, 0.1) is 12.5 Å². The van der Waals surface area contributed by atoms with E-state index in [2.05, 4.69) is 5.32 Å². The van der Waals surface area contributed by atoms with Crippen molar-refractivity contribution < 1.29 is 22.7 Å². The summed E-state index contributed by atoms with van der Waals surface area (Å²) in [6.45, 7) is 1.28. The van der Waals surface area contributed by atoms with Crippen molar-refractivity contribution in [3.63, 3.8) is 0 Å². The maximum atomic E-state index is 11.8. The number of alkyl halides is 3. The topological polar surface area (TPSA) is 38.3 Å². The Hall–Kier alpha value is -0.780. The molecule has 0 spiro atoms. The first-order valence-electron chi connectivity index (χ1n) is 6.42. The van der Waals surface area contributed by atoms with Crippen molar-refractivity contribution >= 4 is 5.91 Å². The van der Waals surface area contributed by atoms with Gasteiger partial charge in [-0.25, -0.2) is 0 Å². The van der Waals surface area contributed by atoms with Crippen LogP contribution in [-0.2, 0) is 9.53 Å². The molecule has 0 radical (unpaired) electrons. The van der Waals surface area contributed by atoms with E-state index in [1.165, 1.54) is 0 Å². The first-order chi connectivity index (χ1) is 8.47. The zero-order valence-corrected chi connectivity index (χ0v) is 10.4. The van der Waals surface area contributed by atoms with Crippen molar-refractivity contribution in [2.75, 3.05) is 13.2 Å². The Morgan fingerprint density at radius 1 is 1.33 bits per heavy atom. The molecule has 1 unspecified atom stereocenters. The Morgan fingerprint density at radius 3 is 2.72 bits per heavy atom. The zero-order chi connectivity index (χ0) is 13.4. The van der Waals surface area contributed by atoms with Crippen molar-refractivity contribution in [3.05, 3.63) is 0 Å². The Bertz CT molecular complexity index is 250. The third kappa shape index (κ3) is 7.53. The monoisotopic (exact) mass is 267 g/mol. The summed E-state index contributed by atoms with van der Waals surface area (Å²) in [7, 11) is 0. The van der Waals surface area contributed by atoms with Gasteiger partial charge in [0, 0.05) is 19.6 Å². The molecule has 6 heteroatoms. The molecular weight excluding hydrogens is 247 g/mol. The second-order valence-corrected chi connectivity index (χ2v) is 4.60. The summed E-state index contributed by atoms with van der Waals surface area (Å²) < 4.78 is 41.0. The maximum absolute atomic E-state index is 11.8. The van der Waals surface area contributed by atoms with E-state index in [1.54, 1.807) is 0 Å². The smallest absolute Gasteiger partial charge is 0.378 e. The highest BCUT2D eigenvalue weighted by atomic mass is 19.4. The minimum absolute atomic E-state index is 0.339. The van der Waals surface area contributed by atoms with Crippen LogP contribution in [0, 0.1) is 0 Å². The third-order valence-electron chi connectivity index (χ3n) is 2.93. The number of amides is 1. The summed E-state index contributed by atoms with van der Waals surface area (Å²) in [5, 5.41) is 2.50. The van der Waals surface area contributed by atoms with Gasteiger partial charge in [-0.1, -0.05) is 0 Å². The highest BCUT2D eigenvalue weighted by Crippen LogP contribution is 2.21. The second kappa shape index (κ2) is 7.61. The maximum Gasteiger partial charge on any atom is 0.389 e. The van der Waals surface area contributed by atoms with E-state index < -0.39 is 24.9 Å². The number of ether oxygens (including phenoxy) is 1. The molecule has 0 aromatic heterocycles. The van der Waals surface area contributed by atoms with E-state index >= 15 is 0 Å². The van der Waals surface area contributed by atoms with Crippen molar-refractivity contribution in [2.24, 2.45) is 0 Å². The van der Waals surface area contributed by atoms with E-state index in [0.717, 1.165) is 38.7 Å². The Kier molecular flexibility index (Phi) is 6.46.